The number of halogens is 1. The quantitative estimate of drug-likeness (QED) is 0.751. The van der Waals surface area contributed by atoms with Crippen LogP contribution in [0.4, 0.5) is 4.39 Å². The molecule has 0 amide bonds. The molecule has 1 saturated heterocycles. The van der Waals surface area contributed by atoms with E-state index < -0.39 is 6.17 Å². The number of rotatable bonds is 3. The third kappa shape index (κ3) is 3.31. The summed E-state index contributed by atoms with van der Waals surface area (Å²) < 4.78 is 15.6. The summed E-state index contributed by atoms with van der Waals surface area (Å²) in [6, 6.07) is 5.22. The molecule has 3 aromatic rings. The molecule has 3 heterocycles. The van der Waals surface area contributed by atoms with Gasteiger partial charge in [0.1, 0.15) is 17.6 Å². The predicted molar refractivity (Wildman–Crippen MR) is 94.4 cm³/mol. The molecule has 1 atom stereocenters. The summed E-state index contributed by atoms with van der Waals surface area (Å²) in [6.45, 7) is 1.06. The molecule has 7 nitrogen and oxygen atoms in total. The van der Waals surface area contributed by atoms with Gasteiger partial charge in [-0.05, 0) is 36.7 Å². The number of imidazole rings is 1. The van der Waals surface area contributed by atoms with Gasteiger partial charge in [-0.25, -0.2) is 14.4 Å². The number of phenols is 1. The van der Waals surface area contributed by atoms with Crippen molar-refractivity contribution in [2.24, 2.45) is 0 Å². The number of aromatic hydroxyl groups is 1. The van der Waals surface area contributed by atoms with Crippen LogP contribution in [0.3, 0.4) is 0 Å². The van der Waals surface area contributed by atoms with E-state index in [1.807, 2.05) is 6.07 Å². The molecule has 8 heteroatoms. The Morgan fingerprint density at radius 2 is 2.23 bits per heavy atom. The van der Waals surface area contributed by atoms with Crippen molar-refractivity contribution >= 4 is 6.08 Å². The molecule has 0 aliphatic carbocycles. The van der Waals surface area contributed by atoms with Crippen LogP contribution in [0.5, 0.6) is 5.75 Å². The van der Waals surface area contributed by atoms with Crippen LogP contribution in [0, 0.1) is 0 Å². The molecule has 2 aromatic heterocycles. The molecule has 0 spiro atoms. The fraction of sp³-hybridized carbons (Fsp3) is 0.222. The number of alkyl halides is 1. The Kier molecular flexibility index (Phi) is 4.40. The lowest BCUT2D eigenvalue weighted by Crippen LogP contribution is -2.32. The molecule has 132 valence electrons. The molecule has 1 fully saturated rings. The fourth-order valence-electron chi connectivity index (χ4n) is 2.86. The van der Waals surface area contributed by atoms with Crippen molar-refractivity contribution in [3.63, 3.8) is 0 Å². The van der Waals surface area contributed by atoms with Crippen molar-refractivity contribution < 1.29 is 9.50 Å². The smallest absolute Gasteiger partial charge is 0.174 e. The molecule has 1 aromatic carbocycles. The molecule has 0 saturated carbocycles. The zero-order valence-electron chi connectivity index (χ0n) is 13.9. The second-order valence-corrected chi connectivity index (χ2v) is 6.01. The van der Waals surface area contributed by atoms with Gasteiger partial charge in [0.2, 0.25) is 0 Å². The Balaban J connectivity index is 1.58. The maximum atomic E-state index is 13.8. The van der Waals surface area contributed by atoms with Gasteiger partial charge in [-0.2, -0.15) is 0 Å². The van der Waals surface area contributed by atoms with Crippen molar-refractivity contribution in [3.05, 3.63) is 54.5 Å². The Morgan fingerprint density at radius 1 is 1.31 bits per heavy atom. The Hall–Kier alpha value is -3.13. The van der Waals surface area contributed by atoms with Crippen LogP contribution in [0.2, 0.25) is 0 Å². The van der Waals surface area contributed by atoms with Crippen LogP contribution >= 0.6 is 0 Å². The number of nitrogens with one attached hydrogen (secondary N) is 1. The van der Waals surface area contributed by atoms with E-state index in [4.69, 9.17) is 0 Å². The van der Waals surface area contributed by atoms with Gasteiger partial charge >= 0.3 is 0 Å². The van der Waals surface area contributed by atoms with Gasteiger partial charge in [-0.1, -0.05) is 0 Å². The fourth-order valence-corrected chi connectivity index (χ4v) is 2.86. The first-order chi connectivity index (χ1) is 12.7. The predicted octanol–water partition coefficient (Wildman–Crippen LogP) is 2.14. The van der Waals surface area contributed by atoms with Gasteiger partial charge in [0.25, 0.3) is 0 Å². The topological polar surface area (TPSA) is 88.8 Å². The number of nitrogens with zero attached hydrogens (tertiary/aromatic N) is 5. The highest BCUT2D eigenvalue weighted by molar-refractivity contribution is 5.68. The second kappa shape index (κ2) is 7.01. The lowest BCUT2D eigenvalue weighted by atomic mass is 10.0. The van der Waals surface area contributed by atoms with Crippen molar-refractivity contribution in [3.8, 4) is 22.7 Å². The summed E-state index contributed by atoms with van der Waals surface area (Å²) in [6.07, 6.45) is 7.88. The van der Waals surface area contributed by atoms with Crippen LogP contribution in [0.15, 0.2) is 48.7 Å². The van der Waals surface area contributed by atoms with E-state index in [9.17, 15) is 9.50 Å². The Labute approximate surface area is 149 Å². The standard InChI is InChI=1S/C18H17FN6O/c19-15-9-20-4-3-12(15)7-18-22-10-16(23-24-18)14-2-1-13(8-17(14)26)25-6-5-21-11-25/h1-2,5-8,10-11,15,20,26H,3-4,9H2/b12-7-/t15-/m1/s1. The van der Waals surface area contributed by atoms with Gasteiger partial charge in [-0.15, -0.1) is 10.2 Å². The first-order valence-corrected chi connectivity index (χ1v) is 8.27. The molecule has 26 heavy (non-hydrogen) atoms. The first-order valence-electron chi connectivity index (χ1n) is 8.27. The van der Waals surface area contributed by atoms with Crippen molar-refractivity contribution in [2.75, 3.05) is 13.1 Å². The summed E-state index contributed by atoms with van der Waals surface area (Å²) >= 11 is 0. The van der Waals surface area contributed by atoms with Crippen LogP contribution in [-0.4, -0.2) is 49.1 Å². The lowest BCUT2D eigenvalue weighted by Gasteiger charge is -2.19. The van der Waals surface area contributed by atoms with Crippen LogP contribution in [0.1, 0.15) is 12.2 Å². The molecule has 0 bridgehead atoms. The summed E-state index contributed by atoms with van der Waals surface area (Å²) in [7, 11) is 0. The van der Waals surface area contributed by atoms with Gasteiger partial charge in [0, 0.05) is 30.6 Å². The van der Waals surface area contributed by atoms with Crippen LogP contribution in [-0.2, 0) is 0 Å². The van der Waals surface area contributed by atoms with E-state index in [-0.39, 0.29) is 5.75 Å². The number of phenolic OH excluding ortho intramolecular Hbond substituents is 1. The normalized spacial score (nSPS) is 19.0. The molecule has 2 N–H and O–H groups in total. The monoisotopic (exact) mass is 352 g/mol. The Morgan fingerprint density at radius 3 is 2.92 bits per heavy atom. The lowest BCUT2D eigenvalue weighted by molar-refractivity contribution is 0.334. The Bertz CT molecular complexity index is 923. The average molecular weight is 352 g/mol. The zero-order chi connectivity index (χ0) is 17.9. The van der Waals surface area contributed by atoms with Crippen LogP contribution < -0.4 is 5.32 Å². The second-order valence-electron chi connectivity index (χ2n) is 6.01. The van der Waals surface area contributed by atoms with Crippen molar-refractivity contribution in [1.29, 1.82) is 0 Å². The summed E-state index contributed by atoms with van der Waals surface area (Å²) in [4.78, 5) is 8.22. The maximum Gasteiger partial charge on any atom is 0.174 e. The van der Waals surface area contributed by atoms with E-state index in [0.717, 1.165) is 12.2 Å². The minimum atomic E-state index is -1.02. The summed E-state index contributed by atoms with van der Waals surface area (Å²) in [5.74, 6) is 0.434. The highest BCUT2D eigenvalue weighted by Crippen LogP contribution is 2.29. The summed E-state index contributed by atoms with van der Waals surface area (Å²) in [5, 5.41) is 21.5. The SMILES string of the molecule is Oc1cc(-n2ccnc2)ccc1-c1cnc(/C=C2/CCNC[C@H]2F)nn1. The maximum absolute atomic E-state index is 13.8. The van der Waals surface area contributed by atoms with Gasteiger partial charge in [0.15, 0.2) is 5.82 Å². The highest BCUT2D eigenvalue weighted by atomic mass is 19.1. The van der Waals surface area contributed by atoms with Crippen LogP contribution in [0.25, 0.3) is 23.0 Å². The van der Waals surface area contributed by atoms with Crippen molar-refractivity contribution in [1.82, 2.24) is 30.0 Å². The number of piperidine rings is 1. The molecular formula is C18H17FN6O. The molecule has 1 aliphatic rings. The van der Waals surface area contributed by atoms with E-state index in [2.05, 4.69) is 25.5 Å². The highest BCUT2D eigenvalue weighted by Gasteiger charge is 2.18. The number of hydrogen-bond donors (Lipinski definition) is 2. The zero-order valence-corrected chi connectivity index (χ0v) is 13.9. The first kappa shape index (κ1) is 16.3. The van der Waals surface area contributed by atoms with Gasteiger partial charge in [0.05, 0.1) is 18.2 Å². The largest absolute Gasteiger partial charge is 0.507 e. The molecule has 4 rings (SSSR count). The van der Waals surface area contributed by atoms with E-state index in [1.165, 1.54) is 6.20 Å². The number of hydrogen-bond acceptors (Lipinski definition) is 6. The molecule has 1 aliphatic heterocycles. The number of benzene rings is 1. The molecular weight excluding hydrogens is 335 g/mol. The van der Waals surface area contributed by atoms with E-state index in [0.29, 0.717) is 35.6 Å². The summed E-state index contributed by atoms with van der Waals surface area (Å²) in [5.41, 5.74) is 2.43. The van der Waals surface area contributed by atoms with E-state index >= 15 is 0 Å². The third-order valence-corrected chi connectivity index (χ3v) is 4.27. The minimum absolute atomic E-state index is 0.0700. The minimum Gasteiger partial charge on any atom is -0.507 e. The molecule has 0 radical (unpaired) electrons. The average Bonchev–Trinajstić information content (AvgIpc) is 3.19. The number of aromatic nitrogens is 5. The third-order valence-electron chi connectivity index (χ3n) is 4.27. The van der Waals surface area contributed by atoms with E-state index in [1.54, 1.807) is 41.5 Å². The van der Waals surface area contributed by atoms with Crippen molar-refractivity contribution in [2.45, 2.75) is 12.6 Å². The van der Waals surface area contributed by atoms with Gasteiger partial charge in [-0.3, -0.25) is 0 Å². The van der Waals surface area contributed by atoms with Gasteiger partial charge < -0.3 is 15.0 Å². The molecule has 0 unspecified atom stereocenters.